The number of carbonyl (C=O) groups excluding carboxylic acids is 2. The van der Waals surface area contributed by atoms with Gasteiger partial charge >= 0.3 is 0 Å². The molecule has 0 bridgehead atoms. The van der Waals surface area contributed by atoms with E-state index in [9.17, 15) is 9.59 Å². The number of hydrogen-bond donors (Lipinski definition) is 2. The van der Waals surface area contributed by atoms with Crippen LogP contribution < -0.4 is 5.32 Å². The average Bonchev–Trinajstić information content (AvgIpc) is 3.01. The molecule has 3 atom stereocenters. The maximum absolute atomic E-state index is 13.5. The fourth-order valence-corrected chi connectivity index (χ4v) is 4.53. The summed E-state index contributed by atoms with van der Waals surface area (Å²) in [6.07, 6.45) is 1.35. The Balaban J connectivity index is 1.74. The van der Waals surface area contributed by atoms with Crippen molar-refractivity contribution in [3.63, 3.8) is 0 Å². The van der Waals surface area contributed by atoms with E-state index in [4.69, 9.17) is 4.74 Å². The van der Waals surface area contributed by atoms with Crippen LogP contribution in [0.15, 0.2) is 24.3 Å². The van der Waals surface area contributed by atoms with Crippen molar-refractivity contribution in [2.45, 2.75) is 71.2 Å². The summed E-state index contributed by atoms with van der Waals surface area (Å²) in [5.74, 6) is 0.255. The third-order valence-corrected chi connectivity index (χ3v) is 5.80. The first-order valence-corrected chi connectivity index (χ1v) is 10.5. The number of para-hydroxylation sites is 1. The number of amides is 2. The van der Waals surface area contributed by atoms with Crippen molar-refractivity contribution in [3.05, 3.63) is 35.5 Å². The number of aromatic amines is 1. The molecule has 2 aromatic rings. The highest BCUT2D eigenvalue weighted by Gasteiger charge is 2.48. The summed E-state index contributed by atoms with van der Waals surface area (Å²) in [4.78, 5) is 31.9. The molecular formula is C23H31N3O3. The van der Waals surface area contributed by atoms with Crippen LogP contribution >= 0.6 is 0 Å². The van der Waals surface area contributed by atoms with Gasteiger partial charge in [-0.1, -0.05) is 32.0 Å². The topological polar surface area (TPSA) is 74.4 Å². The fraction of sp³-hybridized carbons (Fsp3) is 0.565. The highest BCUT2D eigenvalue weighted by Crippen LogP contribution is 2.41. The number of nitrogens with zero attached hydrogens (tertiary/aromatic N) is 1. The molecule has 6 nitrogen and oxygen atoms in total. The van der Waals surface area contributed by atoms with Crippen molar-refractivity contribution in [2.24, 2.45) is 5.92 Å². The molecule has 1 saturated heterocycles. The zero-order chi connectivity index (χ0) is 20.9. The highest BCUT2D eigenvalue weighted by molar-refractivity contribution is 5.99. The number of ether oxygens (including phenoxy) is 1. The SMILES string of the molecule is CC(C)CC1c2[nH]c3ccccc3c2C[C@H]2C(=O)NC(COC(C)(C)C)C(=O)N12. The lowest BCUT2D eigenvalue weighted by Crippen LogP contribution is -2.67. The van der Waals surface area contributed by atoms with Gasteiger partial charge in [-0.05, 0) is 44.7 Å². The molecule has 4 rings (SSSR count). The second-order valence-electron chi connectivity index (χ2n) is 9.66. The van der Waals surface area contributed by atoms with E-state index < -0.39 is 12.1 Å². The minimum atomic E-state index is -0.640. The fourth-order valence-electron chi connectivity index (χ4n) is 4.53. The summed E-state index contributed by atoms with van der Waals surface area (Å²) in [5, 5.41) is 4.07. The number of rotatable bonds is 4. The maximum Gasteiger partial charge on any atom is 0.248 e. The second-order valence-corrected chi connectivity index (χ2v) is 9.66. The molecule has 2 unspecified atom stereocenters. The number of benzene rings is 1. The molecule has 2 amide bonds. The first-order chi connectivity index (χ1) is 13.7. The molecule has 0 radical (unpaired) electrons. The molecule has 1 aromatic heterocycles. The highest BCUT2D eigenvalue weighted by atomic mass is 16.5. The third-order valence-electron chi connectivity index (χ3n) is 5.80. The van der Waals surface area contributed by atoms with Gasteiger partial charge < -0.3 is 19.9 Å². The van der Waals surface area contributed by atoms with E-state index in [0.29, 0.717) is 12.3 Å². The first kappa shape index (κ1) is 20.0. The smallest absolute Gasteiger partial charge is 0.248 e. The van der Waals surface area contributed by atoms with Crippen LogP contribution in [-0.2, 0) is 20.7 Å². The van der Waals surface area contributed by atoms with Gasteiger partial charge in [-0.15, -0.1) is 0 Å². The van der Waals surface area contributed by atoms with Crippen molar-refractivity contribution in [1.29, 1.82) is 0 Å². The molecule has 6 heteroatoms. The zero-order valence-corrected chi connectivity index (χ0v) is 17.9. The Morgan fingerprint density at radius 1 is 1.21 bits per heavy atom. The van der Waals surface area contributed by atoms with E-state index in [1.807, 2.05) is 37.8 Å². The number of fused-ring (bicyclic) bond motifs is 4. The summed E-state index contributed by atoms with van der Waals surface area (Å²) in [6.45, 7) is 10.3. The largest absolute Gasteiger partial charge is 0.373 e. The Bertz CT molecular complexity index is 940. The monoisotopic (exact) mass is 397 g/mol. The molecule has 1 aromatic carbocycles. The summed E-state index contributed by atoms with van der Waals surface area (Å²) in [6, 6.07) is 6.93. The number of piperazine rings is 1. The quantitative estimate of drug-likeness (QED) is 0.831. The molecule has 3 heterocycles. The van der Waals surface area contributed by atoms with Gasteiger partial charge in [0.2, 0.25) is 11.8 Å². The second kappa shape index (κ2) is 7.17. The molecule has 0 aliphatic carbocycles. The standard InChI is InChI=1S/C23H31N3O3/c1-13(2)10-18-20-15(14-8-6-7-9-16(14)24-20)11-19-21(27)25-17(22(28)26(18)19)12-29-23(3,4)5/h6-9,13,17-19,24H,10-12H2,1-5H3,(H,25,27)/t17?,18?,19-/m0/s1. The van der Waals surface area contributed by atoms with Crippen LogP contribution in [0.3, 0.4) is 0 Å². The summed E-state index contributed by atoms with van der Waals surface area (Å²) in [5.41, 5.74) is 2.94. The number of hydrogen-bond acceptors (Lipinski definition) is 3. The predicted octanol–water partition coefficient (Wildman–Crippen LogP) is 3.32. The van der Waals surface area contributed by atoms with Gasteiger partial charge in [-0.25, -0.2) is 0 Å². The lowest BCUT2D eigenvalue weighted by Gasteiger charge is -2.47. The third kappa shape index (κ3) is 3.66. The molecule has 2 aliphatic rings. The van der Waals surface area contributed by atoms with Gasteiger partial charge in [0.05, 0.1) is 18.2 Å². The van der Waals surface area contributed by atoms with E-state index in [-0.39, 0.29) is 30.1 Å². The lowest BCUT2D eigenvalue weighted by atomic mass is 9.85. The summed E-state index contributed by atoms with van der Waals surface area (Å²) >= 11 is 0. The number of aromatic nitrogens is 1. The van der Waals surface area contributed by atoms with Crippen molar-refractivity contribution in [3.8, 4) is 0 Å². The summed E-state index contributed by atoms with van der Waals surface area (Å²) in [7, 11) is 0. The Hall–Kier alpha value is -2.34. The van der Waals surface area contributed by atoms with E-state index in [0.717, 1.165) is 23.0 Å². The Morgan fingerprint density at radius 3 is 2.62 bits per heavy atom. The average molecular weight is 398 g/mol. The summed E-state index contributed by atoms with van der Waals surface area (Å²) < 4.78 is 5.83. The van der Waals surface area contributed by atoms with E-state index >= 15 is 0 Å². The maximum atomic E-state index is 13.5. The number of nitrogens with one attached hydrogen (secondary N) is 2. The van der Waals surface area contributed by atoms with Crippen LogP contribution in [0.5, 0.6) is 0 Å². The minimum absolute atomic E-state index is 0.0474. The van der Waals surface area contributed by atoms with Crippen LogP contribution in [-0.4, -0.2) is 46.0 Å². The molecule has 29 heavy (non-hydrogen) atoms. The normalized spacial score (nSPS) is 24.6. The van der Waals surface area contributed by atoms with Gasteiger partial charge in [0, 0.05) is 23.0 Å². The van der Waals surface area contributed by atoms with Crippen molar-refractivity contribution in [2.75, 3.05) is 6.61 Å². The van der Waals surface area contributed by atoms with E-state index in [1.165, 1.54) is 5.56 Å². The molecule has 1 fully saturated rings. The molecular weight excluding hydrogens is 366 g/mol. The molecule has 2 aliphatic heterocycles. The van der Waals surface area contributed by atoms with Crippen LogP contribution in [0.2, 0.25) is 0 Å². The van der Waals surface area contributed by atoms with Crippen molar-refractivity contribution >= 4 is 22.7 Å². The van der Waals surface area contributed by atoms with Crippen LogP contribution in [0.25, 0.3) is 10.9 Å². The predicted molar refractivity (Wildman–Crippen MR) is 112 cm³/mol. The number of carbonyl (C=O) groups is 2. The molecule has 2 N–H and O–H groups in total. The van der Waals surface area contributed by atoms with Gasteiger partial charge in [0.25, 0.3) is 0 Å². The molecule has 0 spiro atoms. The van der Waals surface area contributed by atoms with Gasteiger partial charge in [-0.2, -0.15) is 0 Å². The number of H-pyrrole nitrogens is 1. The Kier molecular flexibility index (Phi) is 4.93. The molecule has 156 valence electrons. The minimum Gasteiger partial charge on any atom is -0.373 e. The Morgan fingerprint density at radius 2 is 1.93 bits per heavy atom. The van der Waals surface area contributed by atoms with Crippen molar-refractivity contribution < 1.29 is 14.3 Å². The Labute approximate surface area is 172 Å². The van der Waals surface area contributed by atoms with Gasteiger partial charge in [0.1, 0.15) is 12.1 Å². The van der Waals surface area contributed by atoms with Crippen molar-refractivity contribution in [1.82, 2.24) is 15.2 Å². The first-order valence-electron chi connectivity index (χ1n) is 10.5. The zero-order valence-electron chi connectivity index (χ0n) is 17.9. The van der Waals surface area contributed by atoms with Crippen LogP contribution in [0.1, 0.15) is 58.3 Å². The molecule has 0 saturated carbocycles. The van der Waals surface area contributed by atoms with Gasteiger partial charge in [0.15, 0.2) is 0 Å². The lowest BCUT2D eigenvalue weighted by molar-refractivity contribution is -0.157. The van der Waals surface area contributed by atoms with Gasteiger partial charge in [-0.3, -0.25) is 9.59 Å². The van der Waals surface area contributed by atoms with E-state index in [2.05, 4.69) is 36.3 Å². The van der Waals surface area contributed by atoms with Crippen LogP contribution in [0.4, 0.5) is 0 Å². The van der Waals surface area contributed by atoms with Crippen LogP contribution in [0, 0.1) is 5.92 Å². The van der Waals surface area contributed by atoms with E-state index in [1.54, 1.807) is 0 Å².